The fraction of sp³-hybridized carbons (Fsp3) is 0.455. The number of benzene rings is 2. The van der Waals surface area contributed by atoms with Crippen molar-refractivity contribution >= 4 is 10.1 Å². The molecule has 0 saturated carbocycles. The molecular formula is C22H29NaO5S. The molecule has 0 aliphatic carbocycles. The van der Waals surface area contributed by atoms with Gasteiger partial charge in [0.05, 0.1) is 4.90 Å². The third-order valence-corrected chi connectivity index (χ3v) is 5.52. The number of hydrogen-bond donors (Lipinski definition) is 1. The smallest absolute Gasteiger partial charge is 0.872 e. The summed E-state index contributed by atoms with van der Waals surface area (Å²) in [4.78, 5) is -0.222. The van der Waals surface area contributed by atoms with Gasteiger partial charge in [0.2, 0.25) is 0 Å². The van der Waals surface area contributed by atoms with Crippen molar-refractivity contribution in [1.82, 2.24) is 0 Å². The van der Waals surface area contributed by atoms with E-state index in [4.69, 9.17) is 4.74 Å². The van der Waals surface area contributed by atoms with Crippen LogP contribution in [-0.2, 0) is 16.5 Å². The first-order valence-electron chi connectivity index (χ1n) is 9.95. The molecule has 0 fully saturated rings. The first kappa shape index (κ1) is 26.0. The van der Waals surface area contributed by atoms with Crippen molar-refractivity contribution in [2.75, 3.05) is 0 Å². The van der Waals surface area contributed by atoms with Crippen molar-refractivity contribution in [3.8, 4) is 17.2 Å². The Kier molecular flexibility index (Phi) is 11.9. The summed E-state index contributed by atoms with van der Waals surface area (Å²) in [5.74, 6) is 0.508. The zero-order chi connectivity index (χ0) is 20.4. The SMILES string of the molecule is CCCCCCCCCCc1ccc(S(=O)(=O)O)cc1Oc1cccc([O-])c1.[Na+]. The Labute approximate surface area is 196 Å². The Balaban J connectivity index is 0.00000420. The molecule has 5 nitrogen and oxygen atoms in total. The second-order valence-corrected chi connectivity index (χ2v) is 8.47. The number of rotatable bonds is 12. The predicted molar refractivity (Wildman–Crippen MR) is 109 cm³/mol. The minimum Gasteiger partial charge on any atom is -0.872 e. The predicted octanol–water partition coefficient (Wildman–Crippen LogP) is 2.49. The molecule has 2 aromatic carbocycles. The maximum atomic E-state index is 11.5. The molecule has 0 radical (unpaired) electrons. The van der Waals surface area contributed by atoms with Crippen LogP contribution in [0.1, 0.15) is 63.9 Å². The second-order valence-electron chi connectivity index (χ2n) is 7.05. The van der Waals surface area contributed by atoms with E-state index < -0.39 is 10.1 Å². The first-order valence-corrected chi connectivity index (χ1v) is 11.4. The van der Waals surface area contributed by atoms with E-state index in [1.807, 2.05) is 0 Å². The monoisotopic (exact) mass is 428 g/mol. The molecule has 0 bridgehead atoms. The molecule has 0 aromatic heterocycles. The van der Waals surface area contributed by atoms with E-state index in [0.717, 1.165) is 24.8 Å². The molecule has 0 aliphatic rings. The summed E-state index contributed by atoms with van der Waals surface area (Å²) in [6, 6.07) is 10.4. The molecule has 1 N–H and O–H groups in total. The molecule has 0 unspecified atom stereocenters. The van der Waals surface area contributed by atoms with Crippen LogP contribution in [0.25, 0.3) is 0 Å². The molecular weight excluding hydrogens is 399 g/mol. The van der Waals surface area contributed by atoms with Crippen LogP contribution >= 0.6 is 0 Å². The minimum absolute atomic E-state index is 0. The Hall–Kier alpha value is -1.05. The molecule has 2 rings (SSSR count). The number of aryl methyl sites for hydroxylation is 1. The Morgan fingerprint density at radius 2 is 1.59 bits per heavy atom. The fourth-order valence-electron chi connectivity index (χ4n) is 3.11. The van der Waals surface area contributed by atoms with Crippen LogP contribution in [0.2, 0.25) is 0 Å². The van der Waals surface area contributed by atoms with E-state index in [2.05, 4.69) is 6.92 Å². The summed E-state index contributed by atoms with van der Waals surface area (Å²) in [5.41, 5.74) is 0.856. The van der Waals surface area contributed by atoms with E-state index in [9.17, 15) is 18.1 Å². The molecule has 0 saturated heterocycles. The van der Waals surface area contributed by atoms with E-state index in [-0.39, 0.29) is 40.2 Å². The van der Waals surface area contributed by atoms with Crippen molar-refractivity contribution in [3.63, 3.8) is 0 Å². The molecule has 0 amide bonds. The van der Waals surface area contributed by atoms with Gasteiger partial charge in [0.25, 0.3) is 10.1 Å². The van der Waals surface area contributed by atoms with E-state index in [1.54, 1.807) is 18.2 Å². The molecule has 0 atom stereocenters. The van der Waals surface area contributed by atoms with Crippen molar-refractivity contribution < 1.29 is 52.4 Å². The summed E-state index contributed by atoms with van der Waals surface area (Å²) in [5, 5.41) is 11.5. The van der Waals surface area contributed by atoms with Gasteiger partial charge < -0.3 is 9.84 Å². The molecule has 29 heavy (non-hydrogen) atoms. The van der Waals surface area contributed by atoms with Crippen LogP contribution < -0.4 is 39.4 Å². The van der Waals surface area contributed by atoms with Crippen LogP contribution in [0.4, 0.5) is 0 Å². The van der Waals surface area contributed by atoms with E-state index in [0.29, 0.717) is 11.5 Å². The van der Waals surface area contributed by atoms with Gasteiger partial charge in [-0.3, -0.25) is 4.55 Å². The average molecular weight is 429 g/mol. The first-order chi connectivity index (χ1) is 13.4. The van der Waals surface area contributed by atoms with Gasteiger partial charge in [-0.2, -0.15) is 8.42 Å². The van der Waals surface area contributed by atoms with Gasteiger partial charge >= 0.3 is 29.6 Å². The van der Waals surface area contributed by atoms with Gasteiger partial charge in [-0.1, -0.05) is 70.1 Å². The summed E-state index contributed by atoms with van der Waals surface area (Å²) in [7, 11) is -4.32. The summed E-state index contributed by atoms with van der Waals surface area (Å²) >= 11 is 0. The topological polar surface area (TPSA) is 86.7 Å². The van der Waals surface area contributed by atoms with Gasteiger partial charge in [0.15, 0.2) is 0 Å². The summed E-state index contributed by atoms with van der Waals surface area (Å²) in [6.45, 7) is 2.21. The number of ether oxygens (including phenoxy) is 1. The van der Waals surface area contributed by atoms with Crippen molar-refractivity contribution in [1.29, 1.82) is 0 Å². The van der Waals surface area contributed by atoms with Crippen LogP contribution in [-0.4, -0.2) is 13.0 Å². The van der Waals surface area contributed by atoms with Gasteiger partial charge in [-0.15, -0.1) is 5.75 Å². The Morgan fingerprint density at radius 1 is 0.931 bits per heavy atom. The zero-order valence-electron chi connectivity index (χ0n) is 17.4. The van der Waals surface area contributed by atoms with Gasteiger partial charge in [-0.25, -0.2) is 0 Å². The third-order valence-electron chi connectivity index (χ3n) is 4.67. The van der Waals surface area contributed by atoms with Gasteiger partial charge in [-0.05, 0) is 36.6 Å². The van der Waals surface area contributed by atoms with Crippen LogP contribution in [0.3, 0.4) is 0 Å². The molecule has 154 valence electrons. The molecule has 7 heteroatoms. The van der Waals surface area contributed by atoms with Crippen LogP contribution in [0.15, 0.2) is 47.4 Å². The summed E-state index contributed by atoms with van der Waals surface area (Å²) in [6.07, 6.45) is 10.3. The third kappa shape index (κ3) is 9.53. The second kappa shape index (κ2) is 13.3. The van der Waals surface area contributed by atoms with Crippen LogP contribution in [0.5, 0.6) is 17.2 Å². The average Bonchev–Trinajstić information content (AvgIpc) is 2.64. The largest absolute Gasteiger partial charge is 1.00 e. The van der Waals surface area contributed by atoms with Crippen molar-refractivity contribution in [3.05, 3.63) is 48.0 Å². The maximum Gasteiger partial charge on any atom is 1.00 e. The van der Waals surface area contributed by atoms with Crippen molar-refractivity contribution in [2.24, 2.45) is 0 Å². The van der Waals surface area contributed by atoms with Gasteiger partial charge in [0.1, 0.15) is 11.5 Å². The fourth-order valence-corrected chi connectivity index (χ4v) is 3.61. The number of hydrogen-bond acceptors (Lipinski definition) is 4. The molecule has 2 aromatic rings. The van der Waals surface area contributed by atoms with Crippen molar-refractivity contribution in [2.45, 2.75) is 69.6 Å². The normalized spacial score (nSPS) is 11.1. The molecule has 0 spiro atoms. The Morgan fingerprint density at radius 3 is 2.21 bits per heavy atom. The zero-order valence-corrected chi connectivity index (χ0v) is 20.2. The number of unbranched alkanes of at least 4 members (excludes halogenated alkanes) is 7. The van der Waals surface area contributed by atoms with E-state index in [1.165, 1.54) is 62.8 Å². The summed E-state index contributed by atoms with van der Waals surface area (Å²) < 4.78 is 38.0. The quantitative estimate of drug-likeness (QED) is 0.319. The molecule has 0 aliphatic heterocycles. The Bertz CT molecular complexity index is 852. The van der Waals surface area contributed by atoms with E-state index >= 15 is 0 Å². The maximum absolute atomic E-state index is 11.5. The standard InChI is InChI=1S/C22H30O5S.Na/c1-2-3-4-5-6-7-8-9-11-18-14-15-21(28(24,25)26)17-22(18)27-20-13-10-12-19(23)16-20;/h10,12-17,23H,2-9,11H2,1H3,(H,24,25,26);/q;+1/p-1. The minimum atomic E-state index is -4.32. The molecule has 0 heterocycles. The van der Waals surface area contributed by atoms with Crippen LogP contribution in [0, 0.1) is 0 Å². The van der Waals surface area contributed by atoms with Gasteiger partial charge in [0, 0.05) is 6.07 Å².